The van der Waals surface area contributed by atoms with Gasteiger partial charge in [0.25, 0.3) is 5.56 Å². The summed E-state index contributed by atoms with van der Waals surface area (Å²) in [6.45, 7) is 0. The Morgan fingerprint density at radius 1 is 1.11 bits per heavy atom. The molecule has 0 bridgehead atoms. The number of nitrogens with one attached hydrogen (secondary N) is 1. The maximum atomic E-state index is 12.4. The van der Waals surface area contributed by atoms with Crippen LogP contribution in [0.2, 0.25) is 0 Å². The summed E-state index contributed by atoms with van der Waals surface area (Å²) in [5.74, 6) is 1.40. The van der Waals surface area contributed by atoms with Gasteiger partial charge in [0.1, 0.15) is 5.84 Å². The average molecular weight is 405 g/mol. The van der Waals surface area contributed by atoms with Crippen LogP contribution < -0.4 is 5.56 Å². The van der Waals surface area contributed by atoms with Gasteiger partial charge >= 0.3 is 0 Å². The number of para-hydroxylation sites is 1. The molecule has 0 spiro atoms. The molecule has 28 heavy (non-hydrogen) atoms. The highest BCUT2D eigenvalue weighted by Gasteiger charge is 2.18. The van der Waals surface area contributed by atoms with Crippen LogP contribution in [0.3, 0.4) is 0 Å². The molecule has 0 atom stereocenters. The number of fused-ring (bicyclic) bond motifs is 1. The van der Waals surface area contributed by atoms with Gasteiger partial charge < -0.3 is 0 Å². The van der Waals surface area contributed by atoms with Crippen LogP contribution in [0.4, 0.5) is 5.69 Å². The van der Waals surface area contributed by atoms with Gasteiger partial charge in [0.05, 0.1) is 11.4 Å². The highest BCUT2D eigenvalue weighted by atomic mass is 32.2. The van der Waals surface area contributed by atoms with Gasteiger partial charge in [-0.05, 0) is 11.6 Å². The molecular weight excluding hydrogens is 388 g/mol. The zero-order valence-corrected chi connectivity index (χ0v) is 16.5. The third-order valence-corrected chi connectivity index (χ3v) is 6.59. The van der Waals surface area contributed by atoms with Crippen LogP contribution in [-0.2, 0) is 12.2 Å². The summed E-state index contributed by atoms with van der Waals surface area (Å²) in [5, 5.41) is 5.26. The number of thiazole rings is 1. The zero-order chi connectivity index (χ0) is 18.9. The molecule has 0 saturated carbocycles. The predicted molar refractivity (Wildman–Crippen MR) is 115 cm³/mol. The Morgan fingerprint density at radius 3 is 2.79 bits per heavy atom. The third-order valence-electron chi connectivity index (χ3n) is 4.53. The maximum absolute atomic E-state index is 12.4. The minimum absolute atomic E-state index is 0.0775. The van der Waals surface area contributed by atoms with Crippen molar-refractivity contribution in [2.75, 3.05) is 0 Å². The van der Waals surface area contributed by atoms with E-state index < -0.39 is 0 Å². The molecule has 4 aromatic rings. The van der Waals surface area contributed by atoms with Crippen molar-refractivity contribution in [1.29, 1.82) is 0 Å². The van der Waals surface area contributed by atoms with Gasteiger partial charge in [-0.15, -0.1) is 11.3 Å². The van der Waals surface area contributed by atoms with Crippen LogP contribution in [0.5, 0.6) is 0 Å². The first kappa shape index (κ1) is 17.2. The lowest BCUT2D eigenvalue weighted by molar-refractivity contribution is 0.868. The second-order valence-corrected chi connectivity index (χ2v) is 8.52. The fourth-order valence-corrected chi connectivity index (χ4v) is 4.90. The molecule has 5 nitrogen and oxygen atoms in total. The van der Waals surface area contributed by atoms with E-state index in [2.05, 4.69) is 32.6 Å². The monoisotopic (exact) mass is 404 g/mol. The van der Waals surface area contributed by atoms with E-state index >= 15 is 0 Å². The van der Waals surface area contributed by atoms with E-state index in [-0.39, 0.29) is 5.56 Å². The first-order chi connectivity index (χ1) is 13.8. The standard InChI is InChI=1S/C21H16N4OS2/c26-20-11-16(24-25(20)19-10-15-8-4-5-9-17(15)22-19)12-27-21-23-18(13-28-21)14-6-2-1-3-7-14/h1-9,11,13,24H,10,12H2. The van der Waals surface area contributed by atoms with Crippen molar-refractivity contribution in [2.45, 2.75) is 16.5 Å². The van der Waals surface area contributed by atoms with Crippen molar-refractivity contribution in [3.63, 3.8) is 0 Å². The predicted octanol–water partition coefficient (Wildman–Crippen LogP) is 4.73. The summed E-state index contributed by atoms with van der Waals surface area (Å²) in [4.78, 5) is 21.7. The van der Waals surface area contributed by atoms with Crippen LogP contribution in [-0.4, -0.2) is 20.6 Å². The number of hydrogen-bond donors (Lipinski definition) is 1. The van der Waals surface area contributed by atoms with Gasteiger partial charge in [0.15, 0.2) is 4.34 Å². The lowest BCUT2D eigenvalue weighted by atomic mass is 10.1. The molecular formula is C21H16N4OS2. The fraction of sp³-hybridized carbons (Fsp3) is 0.0952. The van der Waals surface area contributed by atoms with Crippen LogP contribution in [0, 0.1) is 0 Å². The summed E-state index contributed by atoms with van der Waals surface area (Å²) in [5.41, 5.74) is 4.97. The summed E-state index contributed by atoms with van der Waals surface area (Å²) < 4.78 is 2.53. The van der Waals surface area contributed by atoms with Crippen LogP contribution in [0.15, 0.2) is 80.2 Å². The Kier molecular flexibility index (Phi) is 4.46. The first-order valence-electron chi connectivity index (χ1n) is 8.87. The van der Waals surface area contributed by atoms with E-state index in [1.54, 1.807) is 33.8 Å². The van der Waals surface area contributed by atoms with Crippen LogP contribution in [0.25, 0.3) is 11.3 Å². The molecule has 7 heteroatoms. The van der Waals surface area contributed by atoms with Crippen molar-refractivity contribution in [3.05, 3.63) is 87.7 Å². The van der Waals surface area contributed by atoms with Crippen LogP contribution in [0.1, 0.15) is 11.3 Å². The minimum atomic E-state index is -0.0775. The number of nitrogens with zero attached hydrogens (tertiary/aromatic N) is 3. The number of thioether (sulfide) groups is 1. The second-order valence-electron chi connectivity index (χ2n) is 6.44. The van der Waals surface area contributed by atoms with Crippen molar-refractivity contribution in [1.82, 2.24) is 14.8 Å². The molecule has 3 heterocycles. The lowest BCUT2D eigenvalue weighted by Gasteiger charge is -2.00. The molecule has 5 rings (SSSR count). The average Bonchev–Trinajstić information content (AvgIpc) is 3.44. The Labute approximate surface area is 169 Å². The highest BCUT2D eigenvalue weighted by molar-refractivity contribution is 8.00. The molecule has 138 valence electrons. The fourth-order valence-electron chi connectivity index (χ4n) is 3.16. The Bertz CT molecular complexity index is 1220. The van der Waals surface area contributed by atoms with Gasteiger partial charge in [0.2, 0.25) is 0 Å². The normalized spacial score (nSPS) is 12.8. The molecule has 0 amide bonds. The number of rotatable bonds is 4. The first-order valence-corrected chi connectivity index (χ1v) is 10.7. The summed E-state index contributed by atoms with van der Waals surface area (Å²) in [6, 6.07) is 19.8. The molecule has 1 N–H and O–H groups in total. The van der Waals surface area contributed by atoms with E-state index in [0.717, 1.165) is 38.4 Å². The lowest BCUT2D eigenvalue weighted by Crippen LogP contribution is -2.24. The van der Waals surface area contributed by atoms with Crippen LogP contribution >= 0.6 is 23.1 Å². The molecule has 1 aliphatic heterocycles. The summed E-state index contributed by atoms with van der Waals surface area (Å²) >= 11 is 3.25. The van der Waals surface area contributed by atoms with Crippen molar-refractivity contribution >= 4 is 34.6 Å². The van der Waals surface area contributed by atoms with Crippen molar-refractivity contribution in [3.8, 4) is 11.3 Å². The number of aliphatic imine (C=N–C) groups is 1. The summed E-state index contributed by atoms with van der Waals surface area (Å²) in [6.07, 6.45) is 0.663. The molecule has 1 aliphatic rings. The van der Waals surface area contributed by atoms with Crippen molar-refractivity contribution in [2.24, 2.45) is 4.99 Å². The number of H-pyrrole nitrogens is 1. The molecule has 2 aromatic heterocycles. The van der Waals surface area contributed by atoms with E-state index in [1.165, 1.54) is 0 Å². The maximum Gasteiger partial charge on any atom is 0.272 e. The van der Waals surface area contributed by atoms with E-state index in [1.807, 2.05) is 42.5 Å². The molecule has 0 aliphatic carbocycles. The number of aromatic amines is 1. The second kappa shape index (κ2) is 7.26. The van der Waals surface area contributed by atoms with Gasteiger partial charge in [0, 0.05) is 34.9 Å². The minimum Gasteiger partial charge on any atom is -0.293 e. The molecule has 0 radical (unpaired) electrons. The SMILES string of the molecule is O=c1cc(CSc2nc(-c3ccccc3)cs2)[nH]n1C1=Nc2ccccc2C1. The molecule has 0 fully saturated rings. The van der Waals surface area contributed by atoms with E-state index in [0.29, 0.717) is 12.2 Å². The topological polar surface area (TPSA) is 63.0 Å². The smallest absolute Gasteiger partial charge is 0.272 e. The van der Waals surface area contributed by atoms with Gasteiger partial charge in [-0.2, -0.15) is 0 Å². The van der Waals surface area contributed by atoms with E-state index in [4.69, 9.17) is 0 Å². The summed E-state index contributed by atoms with van der Waals surface area (Å²) in [7, 11) is 0. The highest BCUT2D eigenvalue weighted by Crippen LogP contribution is 2.30. The molecule has 0 saturated heterocycles. The quantitative estimate of drug-likeness (QED) is 0.500. The Morgan fingerprint density at radius 2 is 1.93 bits per heavy atom. The van der Waals surface area contributed by atoms with E-state index in [9.17, 15) is 4.79 Å². The third kappa shape index (κ3) is 3.34. The Balaban J connectivity index is 1.30. The van der Waals surface area contributed by atoms with Gasteiger partial charge in [-0.3, -0.25) is 9.89 Å². The Hall–Kier alpha value is -2.90. The molecule has 0 unspecified atom stereocenters. The number of hydrogen-bond acceptors (Lipinski definition) is 5. The van der Waals surface area contributed by atoms with Gasteiger partial charge in [-0.25, -0.2) is 14.7 Å². The number of benzene rings is 2. The molecule has 2 aromatic carbocycles. The zero-order valence-electron chi connectivity index (χ0n) is 14.8. The number of aromatic nitrogens is 3. The van der Waals surface area contributed by atoms with Gasteiger partial charge in [-0.1, -0.05) is 60.3 Å². The van der Waals surface area contributed by atoms with Crippen molar-refractivity contribution < 1.29 is 0 Å². The largest absolute Gasteiger partial charge is 0.293 e.